The number of carbonyl (C=O) groups is 3. The molecule has 6 nitrogen and oxygen atoms in total. The summed E-state index contributed by atoms with van der Waals surface area (Å²) in [7, 11) is 0. The lowest BCUT2D eigenvalue weighted by molar-refractivity contribution is -0.136. The van der Waals surface area contributed by atoms with Crippen molar-refractivity contribution in [2.24, 2.45) is 5.92 Å². The van der Waals surface area contributed by atoms with E-state index in [0.717, 1.165) is 51.4 Å². The molecule has 0 aromatic heterocycles. The van der Waals surface area contributed by atoms with Crippen molar-refractivity contribution < 1.29 is 19.5 Å². The molecule has 0 rings (SSSR count). The summed E-state index contributed by atoms with van der Waals surface area (Å²) in [6.45, 7) is 9.48. The Morgan fingerprint density at radius 3 is 1.86 bits per heavy atom. The number of nitrogens with one attached hydrogen (secondary N) is 2. The maximum atomic E-state index is 12.6. The molecule has 0 spiro atoms. The number of ketones is 1. The van der Waals surface area contributed by atoms with Crippen LogP contribution in [0.15, 0.2) is 0 Å². The minimum Gasteiger partial charge on any atom is -0.381 e. The normalized spacial score (nSPS) is 15.4. The Kier molecular flexibility index (Phi) is 14.7. The minimum absolute atomic E-state index is 0.111. The second kappa shape index (κ2) is 15.5. The molecule has 0 saturated heterocycles. The molecule has 0 aliphatic rings. The molecule has 0 radical (unpaired) electrons. The number of carbonyl (C=O) groups excluding carboxylic acids is 3. The van der Waals surface area contributed by atoms with E-state index in [1.54, 1.807) is 0 Å². The first kappa shape index (κ1) is 26.6. The third kappa shape index (κ3) is 10.8. The summed E-state index contributed by atoms with van der Waals surface area (Å²) in [6.07, 6.45) is 7.09. The number of amides is 2. The van der Waals surface area contributed by atoms with Crippen LogP contribution < -0.4 is 10.6 Å². The Bertz CT molecular complexity index is 467. The van der Waals surface area contributed by atoms with Gasteiger partial charge in [-0.2, -0.15) is 0 Å². The van der Waals surface area contributed by atoms with Gasteiger partial charge in [0.1, 0.15) is 0 Å². The van der Waals surface area contributed by atoms with Gasteiger partial charge in [-0.1, -0.05) is 72.6 Å². The van der Waals surface area contributed by atoms with Crippen LogP contribution >= 0.6 is 0 Å². The zero-order valence-electron chi connectivity index (χ0n) is 18.6. The van der Waals surface area contributed by atoms with Crippen molar-refractivity contribution >= 4 is 17.6 Å². The van der Waals surface area contributed by atoms with Gasteiger partial charge in [-0.15, -0.1) is 0 Å². The monoisotopic (exact) mass is 398 g/mol. The highest BCUT2D eigenvalue weighted by atomic mass is 16.3. The highest BCUT2D eigenvalue weighted by molar-refractivity contribution is 5.90. The molecule has 0 aromatic rings. The van der Waals surface area contributed by atoms with Crippen molar-refractivity contribution in [3.63, 3.8) is 0 Å². The smallest absolute Gasteiger partial charge is 0.251 e. The van der Waals surface area contributed by atoms with Gasteiger partial charge in [0.15, 0.2) is 11.9 Å². The van der Waals surface area contributed by atoms with E-state index in [4.69, 9.17) is 0 Å². The SMILES string of the molecule is CCCCCC(NC(=O)C(O)C(CCCCC)NC(=O)C(C)CCC)C(C)=O. The van der Waals surface area contributed by atoms with Crippen LogP contribution in [0.5, 0.6) is 0 Å². The van der Waals surface area contributed by atoms with E-state index < -0.39 is 24.1 Å². The molecule has 4 unspecified atom stereocenters. The van der Waals surface area contributed by atoms with E-state index in [-0.39, 0.29) is 17.6 Å². The molecule has 0 bridgehead atoms. The summed E-state index contributed by atoms with van der Waals surface area (Å²) in [6, 6.07) is -1.22. The first-order valence-electron chi connectivity index (χ1n) is 11.1. The summed E-state index contributed by atoms with van der Waals surface area (Å²) in [5.41, 5.74) is 0. The van der Waals surface area contributed by atoms with Crippen LogP contribution in [0.4, 0.5) is 0 Å². The van der Waals surface area contributed by atoms with E-state index in [0.29, 0.717) is 12.8 Å². The van der Waals surface area contributed by atoms with Crippen LogP contribution in [-0.4, -0.2) is 40.9 Å². The molecule has 0 fully saturated rings. The number of hydrogen-bond acceptors (Lipinski definition) is 4. The predicted molar refractivity (Wildman–Crippen MR) is 113 cm³/mol. The van der Waals surface area contributed by atoms with Gasteiger partial charge >= 0.3 is 0 Å². The molecule has 0 saturated carbocycles. The van der Waals surface area contributed by atoms with Crippen LogP contribution in [0.1, 0.15) is 98.8 Å². The average molecular weight is 399 g/mol. The van der Waals surface area contributed by atoms with Crippen LogP contribution in [0.25, 0.3) is 0 Å². The summed E-state index contributed by atoms with van der Waals surface area (Å²) in [4.78, 5) is 36.8. The zero-order chi connectivity index (χ0) is 21.5. The molecular formula is C22H42N2O4. The van der Waals surface area contributed by atoms with Crippen LogP contribution in [0.2, 0.25) is 0 Å². The van der Waals surface area contributed by atoms with Crippen LogP contribution in [-0.2, 0) is 14.4 Å². The summed E-state index contributed by atoms with van der Waals surface area (Å²) >= 11 is 0. The standard InChI is InChI=1S/C22H42N2O4/c1-6-9-11-14-18(17(5)25)23-22(28)20(26)19(15-12-10-7-2)24-21(27)16(4)13-8-3/h16,18-20,26H,6-15H2,1-5H3,(H,23,28)(H,24,27). The van der Waals surface area contributed by atoms with Crippen LogP contribution in [0.3, 0.4) is 0 Å². The Morgan fingerprint density at radius 2 is 1.36 bits per heavy atom. The molecule has 28 heavy (non-hydrogen) atoms. The number of aliphatic hydroxyl groups is 1. The zero-order valence-corrected chi connectivity index (χ0v) is 18.6. The van der Waals surface area contributed by atoms with Gasteiger partial charge in [0, 0.05) is 5.92 Å². The fourth-order valence-corrected chi connectivity index (χ4v) is 3.23. The van der Waals surface area contributed by atoms with Gasteiger partial charge in [-0.25, -0.2) is 0 Å². The summed E-state index contributed by atoms with van der Waals surface area (Å²) in [5, 5.41) is 16.1. The third-order valence-corrected chi connectivity index (χ3v) is 5.17. The predicted octanol–water partition coefficient (Wildman–Crippen LogP) is 3.50. The fraction of sp³-hybridized carbons (Fsp3) is 0.864. The highest BCUT2D eigenvalue weighted by Crippen LogP contribution is 2.12. The van der Waals surface area contributed by atoms with Crippen molar-refractivity contribution in [2.45, 2.75) is 117 Å². The van der Waals surface area contributed by atoms with Gasteiger partial charge in [0.05, 0.1) is 12.1 Å². The van der Waals surface area contributed by atoms with Gasteiger partial charge in [-0.05, 0) is 26.2 Å². The van der Waals surface area contributed by atoms with Gasteiger partial charge in [0.2, 0.25) is 5.91 Å². The first-order chi connectivity index (χ1) is 13.3. The lowest BCUT2D eigenvalue weighted by atomic mass is 9.99. The van der Waals surface area contributed by atoms with Gasteiger partial charge in [0.25, 0.3) is 5.91 Å². The van der Waals surface area contributed by atoms with E-state index >= 15 is 0 Å². The summed E-state index contributed by atoms with van der Waals surface area (Å²) in [5.74, 6) is -0.990. The second-order valence-electron chi connectivity index (χ2n) is 7.91. The van der Waals surface area contributed by atoms with Crippen molar-refractivity contribution in [1.29, 1.82) is 0 Å². The molecule has 2 amide bonds. The van der Waals surface area contributed by atoms with Crippen molar-refractivity contribution in [3.8, 4) is 0 Å². The molecular weight excluding hydrogens is 356 g/mol. The number of rotatable bonds is 16. The quantitative estimate of drug-likeness (QED) is 0.347. The van der Waals surface area contributed by atoms with E-state index in [1.165, 1.54) is 6.92 Å². The first-order valence-corrected chi connectivity index (χ1v) is 11.1. The topological polar surface area (TPSA) is 95.5 Å². The van der Waals surface area contributed by atoms with Crippen LogP contribution in [0, 0.1) is 5.92 Å². The van der Waals surface area contributed by atoms with Crippen molar-refractivity contribution in [1.82, 2.24) is 10.6 Å². The highest BCUT2D eigenvalue weighted by Gasteiger charge is 2.30. The molecule has 0 aliphatic carbocycles. The average Bonchev–Trinajstić information content (AvgIpc) is 2.65. The lowest BCUT2D eigenvalue weighted by Crippen LogP contribution is -2.54. The largest absolute Gasteiger partial charge is 0.381 e. The molecule has 3 N–H and O–H groups in total. The van der Waals surface area contributed by atoms with E-state index in [2.05, 4.69) is 24.5 Å². The lowest BCUT2D eigenvalue weighted by Gasteiger charge is -2.26. The number of aliphatic hydroxyl groups excluding tert-OH is 1. The fourth-order valence-electron chi connectivity index (χ4n) is 3.23. The second-order valence-corrected chi connectivity index (χ2v) is 7.91. The van der Waals surface area contributed by atoms with E-state index in [9.17, 15) is 19.5 Å². The Labute approximate surface area is 171 Å². The Balaban J connectivity index is 5.00. The Morgan fingerprint density at radius 1 is 0.786 bits per heavy atom. The molecule has 6 heteroatoms. The van der Waals surface area contributed by atoms with Crippen molar-refractivity contribution in [2.75, 3.05) is 0 Å². The van der Waals surface area contributed by atoms with Gasteiger partial charge < -0.3 is 15.7 Å². The maximum Gasteiger partial charge on any atom is 0.251 e. The van der Waals surface area contributed by atoms with E-state index in [1.807, 2.05) is 13.8 Å². The molecule has 164 valence electrons. The Hall–Kier alpha value is -1.43. The van der Waals surface area contributed by atoms with Crippen molar-refractivity contribution in [3.05, 3.63) is 0 Å². The molecule has 4 atom stereocenters. The number of unbranched alkanes of at least 4 members (excludes halogenated alkanes) is 4. The molecule has 0 aromatic carbocycles. The summed E-state index contributed by atoms with van der Waals surface area (Å²) < 4.78 is 0. The molecule has 0 heterocycles. The van der Waals surface area contributed by atoms with Gasteiger partial charge in [-0.3, -0.25) is 14.4 Å². The number of hydrogen-bond donors (Lipinski definition) is 3. The minimum atomic E-state index is -1.36. The maximum absolute atomic E-state index is 12.6. The third-order valence-electron chi connectivity index (χ3n) is 5.17. The molecule has 0 aliphatic heterocycles. The number of Topliss-reactive ketones (excluding diaryl/α,β-unsaturated/α-hetero) is 1.